The van der Waals surface area contributed by atoms with E-state index in [4.69, 9.17) is 5.73 Å². The zero-order chi connectivity index (χ0) is 19.6. The SMILES string of the molecule is CC1(C)CC(=O)C(C=Nc2ccc(C(=O)c3ccccc3)cc2N)=C(O)C1. The number of anilines is 1. The van der Waals surface area contributed by atoms with Crippen molar-refractivity contribution in [2.75, 3.05) is 5.73 Å². The van der Waals surface area contributed by atoms with Gasteiger partial charge in [-0.2, -0.15) is 0 Å². The first kappa shape index (κ1) is 18.6. The average Bonchev–Trinajstić information content (AvgIpc) is 2.61. The fraction of sp³-hybridized carbons (Fsp3) is 0.227. The Labute approximate surface area is 158 Å². The maximum atomic E-state index is 12.5. The molecule has 0 aromatic heterocycles. The Balaban J connectivity index is 1.84. The van der Waals surface area contributed by atoms with Crippen LogP contribution in [-0.4, -0.2) is 22.9 Å². The van der Waals surface area contributed by atoms with Crippen molar-refractivity contribution in [1.29, 1.82) is 0 Å². The van der Waals surface area contributed by atoms with Crippen LogP contribution in [0.25, 0.3) is 0 Å². The number of nitrogen functional groups attached to an aromatic ring is 1. The summed E-state index contributed by atoms with van der Waals surface area (Å²) in [5, 5.41) is 10.2. The minimum absolute atomic E-state index is 0.0504. The van der Waals surface area contributed by atoms with E-state index in [0.717, 1.165) is 0 Å². The molecule has 0 saturated carbocycles. The van der Waals surface area contributed by atoms with Crippen molar-refractivity contribution >= 4 is 29.2 Å². The third-order valence-electron chi connectivity index (χ3n) is 4.55. The fourth-order valence-corrected chi connectivity index (χ4v) is 3.15. The summed E-state index contributed by atoms with van der Waals surface area (Å²) in [5.74, 6) is -0.209. The molecule has 0 amide bonds. The number of allylic oxidation sites excluding steroid dienone is 2. The predicted octanol–water partition coefficient (Wildman–Crippen LogP) is 4.40. The summed E-state index contributed by atoms with van der Waals surface area (Å²) in [4.78, 5) is 29.0. The van der Waals surface area contributed by atoms with Crippen molar-refractivity contribution < 1.29 is 14.7 Å². The van der Waals surface area contributed by atoms with E-state index >= 15 is 0 Å². The second-order valence-electron chi connectivity index (χ2n) is 7.53. The summed E-state index contributed by atoms with van der Waals surface area (Å²) >= 11 is 0. The third kappa shape index (κ3) is 4.14. The van der Waals surface area contributed by atoms with Crippen LogP contribution in [0.4, 0.5) is 11.4 Å². The van der Waals surface area contributed by atoms with Gasteiger partial charge in [-0.15, -0.1) is 0 Å². The van der Waals surface area contributed by atoms with Crippen LogP contribution in [0.15, 0.2) is 64.9 Å². The van der Waals surface area contributed by atoms with E-state index < -0.39 is 0 Å². The molecule has 3 rings (SSSR count). The highest BCUT2D eigenvalue weighted by atomic mass is 16.3. The van der Waals surface area contributed by atoms with E-state index in [0.29, 0.717) is 35.3 Å². The zero-order valence-electron chi connectivity index (χ0n) is 15.4. The molecule has 0 saturated heterocycles. The van der Waals surface area contributed by atoms with Gasteiger partial charge in [0, 0.05) is 30.2 Å². The molecule has 0 atom stereocenters. The molecule has 0 radical (unpaired) electrons. The summed E-state index contributed by atoms with van der Waals surface area (Å²) in [5.41, 5.74) is 7.83. The zero-order valence-corrected chi connectivity index (χ0v) is 15.4. The van der Waals surface area contributed by atoms with Crippen LogP contribution in [0.2, 0.25) is 0 Å². The molecule has 0 spiro atoms. The maximum Gasteiger partial charge on any atom is 0.193 e. The molecule has 27 heavy (non-hydrogen) atoms. The monoisotopic (exact) mass is 362 g/mol. The van der Waals surface area contributed by atoms with Gasteiger partial charge in [-0.3, -0.25) is 14.6 Å². The molecule has 1 aliphatic rings. The largest absolute Gasteiger partial charge is 0.511 e. The van der Waals surface area contributed by atoms with E-state index in [1.54, 1.807) is 42.5 Å². The van der Waals surface area contributed by atoms with Gasteiger partial charge in [0.15, 0.2) is 11.6 Å². The first-order valence-electron chi connectivity index (χ1n) is 8.75. The minimum Gasteiger partial charge on any atom is -0.511 e. The highest BCUT2D eigenvalue weighted by Gasteiger charge is 2.32. The molecule has 1 aliphatic carbocycles. The van der Waals surface area contributed by atoms with Gasteiger partial charge in [0.05, 0.1) is 16.9 Å². The summed E-state index contributed by atoms with van der Waals surface area (Å²) in [6.07, 6.45) is 2.15. The Bertz CT molecular complexity index is 957. The number of aliphatic imine (C=N–C) groups is 1. The van der Waals surface area contributed by atoms with Crippen LogP contribution in [-0.2, 0) is 4.79 Å². The molecule has 0 fully saturated rings. The van der Waals surface area contributed by atoms with Gasteiger partial charge < -0.3 is 10.8 Å². The number of rotatable bonds is 4. The summed E-state index contributed by atoms with van der Waals surface area (Å²) < 4.78 is 0. The summed E-state index contributed by atoms with van der Waals surface area (Å²) in [6.45, 7) is 3.88. The lowest BCUT2D eigenvalue weighted by Crippen LogP contribution is -2.26. The fourth-order valence-electron chi connectivity index (χ4n) is 3.15. The Morgan fingerprint density at radius 2 is 1.81 bits per heavy atom. The number of hydrogen-bond donors (Lipinski definition) is 2. The molecule has 138 valence electrons. The van der Waals surface area contributed by atoms with Gasteiger partial charge in [-0.05, 0) is 23.6 Å². The summed E-state index contributed by atoms with van der Waals surface area (Å²) in [7, 11) is 0. The second kappa shape index (κ2) is 7.19. The Hall–Kier alpha value is -3.21. The van der Waals surface area contributed by atoms with Gasteiger partial charge in [0.2, 0.25) is 0 Å². The van der Waals surface area contributed by atoms with Crippen LogP contribution >= 0.6 is 0 Å². The number of benzene rings is 2. The van der Waals surface area contributed by atoms with Crippen molar-refractivity contribution in [1.82, 2.24) is 0 Å². The molecule has 2 aromatic carbocycles. The lowest BCUT2D eigenvalue weighted by atomic mass is 9.77. The molecule has 0 heterocycles. The minimum atomic E-state index is -0.253. The quantitative estimate of drug-likeness (QED) is 0.479. The van der Waals surface area contributed by atoms with E-state index in [1.165, 1.54) is 6.21 Å². The Morgan fingerprint density at radius 3 is 2.44 bits per heavy atom. The molecule has 5 heteroatoms. The van der Waals surface area contributed by atoms with Gasteiger partial charge in [0.25, 0.3) is 0 Å². The van der Waals surface area contributed by atoms with E-state index in [-0.39, 0.29) is 28.3 Å². The molecule has 0 aliphatic heterocycles. The van der Waals surface area contributed by atoms with Crippen molar-refractivity contribution in [3.05, 3.63) is 71.0 Å². The van der Waals surface area contributed by atoms with Gasteiger partial charge in [-0.25, -0.2) is 0 Å². The first-order chi connectivity index (χ1) is 12.8. The number of ketones is 2. The second-order valence-corrected chi connectivity index (χ2v) is 7.53. The van der Waals surface area contributed by atoms with Crippen LogP contribution in [0.3, 0.4) is 0 Å². The number of carbonyl (C=O) groups excluding carboxylic acids is 2. The van der Waals surface area contributed by atoms with Crippen LogP contribution in [0, 0.1) is 5.41 Å². The topological polar surface area (TPSA) is 92.8 Å². The van der Waals surface area contributed by atoms with Crippen molar-refractivity contribution in [3.63, 3.8) is 0 Å². The first-order valence-corrected chi connectivity index (χ1v) is 8.75. The Morgan fingerprint density at radius 1 is 1.11 bits per heavy atom. The molecule has 0 unspecified atom stereocenters. The van der Waals surface area contributed by atoms with Gasteiger partial charge in [0.1, 0.15) is 5.76 Å². The van der Waals surface area contributed by atoms with Crippen LogP contribution in [0.5, 0.6) is 0 Å². The molecule has 0 bridgehead atoms. The highest BCUT2D eigenvalue weighted by Crippen LogP contribution is 2.35. The Kier molecular flexibility index (Phi) is 4.95. The maximum absolute atomic E-state index is 12.5. The average molecular weight is 362 g/mol. The molecule has 5 nitrogen and oxygen atoms in total. The number of Topliss-reactive ketones (excluding diaryl/α,β-unsaturated/α-hetero) is 1. The number of nitrogens with two attached hydrogens (primary N) is 1. The number of aliphatic hydroxyl groups excluding tert-OH is 1. The third-order valence-corrected chi connectivity index (χ3v) is 4.55. The molecular formula is C22H22N2O3. The lowest BCUT2D eigenvalue weighted by Gasteiger charge is -2.28. The summed E-state index contributed by atoms with van der Waals surface area (Å²) in [6, 6.07) is 13.8. The number of carbonyl (C=O) groups is 2. The van der Waals surface area contributed by atoms with E-state index in [1.807, 2.05) is 19.9 Å². The van der Waals surface area contributed by atoms with E-state index in [2.05, 4.69) is 4.99 Å². The number of hydrogen-bond acceptors (Lipinski definition) is 5. The molecule has 3 N–H and O–H groups in total. The van der Waals surface area contributed by atoms with Crippen molar-refractivity contribution in [2.24, 2.45) is 10.4 Å². The van der Waals surface area contributed by atoms with Gasteiger partial charge in [-0.1, -0.05) is 44.2 Å². The number of aliphatic hydroxyl groups is 1. The van der Waals surface area contributed by atoms with Crippen LogP contribution in [0.1, 0.15) is 42.6 Å². The van der Waals surface area contributed by atoms with E-state index in [9.17, 15) is 14.7 Å². The highest BCUT2D eigenvalue weighted by molar-refractivity contribution is 6.15. The predicted molar refractivity (Wildman–Crippen MR) is 107 cm³/mol. The number of nitrogens with zero attached hydrogens (tertiary/aromatic N) is 1. The lowest BCUT2D eigenvalue weighted by molar-refractivity contribution is -0.117. The smallest absolute Gasteiger partial charge is 0.193 e. The standard InChI is InChI=1S/C22H22N2O3/c1-22(2)11-19(25)16(20(26)12-22)13-24-18-9-8-15(10-17(18)23)21(27)14-6-4-3-5-7-14/h3-10,13,25H,11-12,23H2,1-2H3. The normalized spacial score (nSPS) is 16.7. The van der Waals surface area contributed by atoms with Crippen LogP contribution < -0.4 is 5.73 Å². The van der Waals surface area contributed by atoms with Crippen molar-refractivity contribution in [3.8, 4) is 0 Å². The molecule has 2 aromatic rings. The van der Waals surface area contributed by atoms with Gasteiger partial charge >= 0.3 is 0 Å². The molecular weight excluding hydrogens is 340 g/mol. The van der Waals surface area contributed by atoms with Crippen molar-refractivity contribution in [2.45, 2.75) is 26.7 Å².